The van der Waals surface area contributed by atoms with E-state index in [2.05, 4.69) is 15.6 Å². The Balaban J connectivity index is 2.84. The minimum Gasteiger partial charge on any atom is -0.388 e. The smallest absolute Gasteiger partial charge is 0.276 e. The molecule has 0 aliphatic heterocycles. The molecule has 1 unspecified atom stereocenters. The van der Waals surface area contributed by atoms with Gasteiger partial charge in [0.1, 0.15) is 11.6 Å². The lowest BCUT2D eigenvalue weighted by Crippen LogP contribution is -2.35. The van der Waals surface area contributed by atoms with E-state index in [4.69, 9.17) is 0 Å². The fraction of sp³-hybridized carbons (Fsp3) is 0.643. The number of nitro groups is 1. The molecular formula is C14H24N4O3. The van der Waals surface area contributed by atoms with Crippen molar-refractivity contribution in [2.75, 3.05) is 23.7 Å². The van der Waals surface area contributed by atoms with E-state index in [1.165, 1.54) is 12.1 Å². The van der Waals surface area contributed by atoms with E-state index in [1.54, 1.807) is 6.92 Å². The largest absolute Gasteiger partial charge is 0.388 e. The SMILES string of the molecule is CCNc1cc([N+](=O)[O-])cc(NCC(C)(O)CC(C)C)n1. The molecule has 1 heterocycles. The van der Waals surface area contributed by atoms with Crippen LogP contribution < -0.4 is 10.6 Å². The molecule has 0 amide bonds. The van der Waals surface area contributed by atoms with Gasteiger partial charge in [-0.3, -0.25) is 10.1 Å². The van der Waals surface area contributed by atoms with Crippen LogP contribution in [0.25, 0.3) is 0 Å². The molecular weight excluding hydrogens is 272 g/mol. The van der Waals surface area contributed by atoms with Crippen LogP contribution in [0.3, 0.4) is 0 Å². The molecule has 0 bridgehead atoms. The summed E-state index contributed by atoms with van der Waals surface area (Å²) in [5, 5.41) is 27.1. The van der Waals surface area contributed by atoms with E-state index in [1.807, 2.05) is 20.8 Å². The number of rotatable bonds is 8. The van der Waals surface area contributed by atoms with Gasteiger partial charge in [0, 0.05) is 13.1 Å². The number of pyridine rings is 1. The van der Waals surface area contributed by atoms with Crippen molar-refractivity contribution in [3.05, 3.63) is 22.2 Å². The Bertz CT molecular complexity index is 489. The van der Waals surface area contributed by atoms with Gasteiger partial charge in [0.05, 0.1) is 22.7 Å². The van der Waals surface area contributed by atoms with Gasteiger partial charge in [-0.05, 0) is 26.2 Å². The van der Waals surface area contributed by atoms with E-state index in [9.17, 15) is 15.2 Å². The first-order valence-corrected chi connectivity index (χ1v) is 7.10. The highest BCUT2D eigenvalue weighted by molar-refractivity contribution is 5.54. The van der Waals surface area contributed by atoms with Crippen LogP contribution in [0.2, 0.25) is 0 Å². The average molecular weight is 296 g/mol. The van der Waals surface area contributed by atoms with E-state index >= 15 is 0 Å². The van der Waals surface area contributed by atoms with Crippen molar-refractivity contribution in [2.45, 2.75) is 39.7 Å². The van der Waals surface area contributed by atoms with Crippen molar-refractivity contribution < 1.29 is 10.0 Å². The third kappa shape index (κ3) is 5.95. The lowest BCUT2D eigenvalue weighted by Gasteiger charge is -2.25. The van der Waals surface area contributed by atoms with Crippen molar-refractivity contribution >= 4 is 17.3 Å². The van der Waals surface area contributed by atoms with E-state index < -0.39 is 10.5 Å². The zero-order chi connectivity index (χ0) is 16.0. The maximum Gasteiger partial charge on any atom is 0.276 e. The van der Waals surface area contributed by atoms with Gasteiger partial charge in [0.2, 0.25) is 0 Å². The molecule has 1 rings (SSSR count). The number of aliphatic hydroxyl groups is 1. The fourth-order valence-corrected chi connectivity index (χ4v) is 2.22. The summed E-state index contributed by atoms with van der Waals surface area (Å²) in [5.41, 5.74) is -0.925. The lowest BCUT2D eigenvalue weighted by atomic mass is 9.94. The van der Waals surface area contributed by atoms with Crippen LogP contribution in [0.4, 0.5) is 17.3 Å². The maximum atomic E-state index is 10.9. The average Bonchev–Trinajstić information content (AvgIpc) is 2.35. The summed E-state index contributed by atoms with van der Waals surface area (Å²) in [6, 6.07) is 2.76. The summed E-state index contributed by atoms with van der Waals surface area (Å²) >= 11 is 0. The molecule has 21 heavy (non-hydrogen) atoms. The summed E-state index contributed by atoms with van der Waals surface area (Å²) in [5.74, 6) is 1.18. The molecule has 0 saturated heterocycles. The molecule has 7 nitrogen and oxygen atoms in total. The first kappa shape index (κ1) is 17.2. The monoisotopic (exact) mass is 296 g/mol. The Labute approximate surface area is 124 Å². The third-order valence-corrected chi connectivity index (χ3v) is 2.88. The van der Waals surface area contributed by atoms with Gasteiger partial charge in [-0.15, -0.1) is 0 Å². The highest BCUT2D eigenvalue weighted by atomic mass is 16.6. The second-order valence-corrected chi connectivity index (χ2v) is 5.83. The summed E-state index contributed by atoms with van der Waals surface area (Å²) in [4.78, 5) is 14.7. The van der Waals surface area contributed by atoms with Gasteiger partial charge in [0.15, 0.2) is 0 Å². The van der Waals surface area contributed by atoms with Crippen LogP contribution in [0.5, 0.6) is 0 Å². The second-order valence-electron chi connectivity index (χ2n) is 5.83. The van der Waals surface area contributed by atoms with Crippen molar-refractivity contribution in [1.29, 1.82) is 0 Å². The molecule has 0 saturated carbocycles. The number of aromatic nitrogens is 1. The first-order chi connectivity index (χ1) is 9.73. The third-order valence-electron chi connectivity index (χ3n) is 2.88. The molecule has 0 aliphatic carbocycles. The second kappa shape index (κ2) is 7.21. The number of anilines is 2. The minimum atomic E-state index is -0.890. The number of nitrogens with zero attached hydrogens (tertiary/aromatic N) is 2. The summed E-state index contributed by atoms with van der Waals surface area (Å²) in [7, 11) is 0. The Kier molecular flexibility index (Phi) is 5.90. The Morgan fingerprint density at radius 3 is 2.43 bits per heavy atom. The van der Waals surface area contributed by atoms with Crippen LogP contribution in [-0.4, -0.2) is 33.7 Å². The molecule has 1 aromatic rings. The predicted octanol–water partition coefficient (Wildman–Crippen LogP) is 2.63. The van der Waals surface area contributed by atoms with Gasteiger partial charge >= 0.3 is 0 Å². The van der Waals surface area contributed by atoms with Crippen molar-refractivity contribution in [2.24, 2.45) is 5.92 Å². The van der Waals surface area contributed by atoms with Crippen molar-refractivity contribution in [3.8, 4) is 0 Å². The fourth-order valence-electron chi connectivity index (χ4n) is 2.22. The topological polar surface area (TPSA) is 100 Å². The number of hydrogen-bond donors (Lipinski definition) is 3. The molecule has 0 radical (unpaired) electrons. The highest BCUT2D eigenvalue weighted by Crippen LogP contribution is 2.22. The Morgan fingerprint density at radius 1 is 1.38 bits per heavy atom. The van der Waals surface area contributed by atoms with Gasteiger partial charge in [-0.1, -0.05) is 13.8 Å². The lowest BCUT2D eigenvalue weighted by molar-refractivity contribution is -0.384. The maximum absolute atomic E-state index is 10.9. The summed E-state index contributed by atoms with van der Waals surface area (Å²) < 4.78 is 0. The predicted molar refractivity (Wildman–Crippen MR) is 83.6 cm³/mol. The standard InChI is InChI=1S/C14H24N4O3/c1-5-15-12-6-11(18(20)21)7-13(17-12)16-9-14(4,19)8-10(2)3/h6-7,10,19H,5,8-9H2,1-4H3,(H2,15,16,17). The summed E-state index contributed by atoms with van der Waals surface area (Å²) in [6.45, 7) is 8.60. The van der Waals surface area contributed by atoms with Crippen LogP contribution in [0.15, 0.2) is 12.1 Å². The highest BCUT2D eigenvalue weighted by Gasteiger charge is 2.22. The molecule has 0 aliphatic rings. The Hall–Kier alpha value is -1.89. The molecule has 0 spiro atoms. The van der Waals surface area contributed by atoms with Crippen LogP contribution in [-0.2, 0) is 0 Å². The van der Waals surface area contributed by atoms with Gasteiger partial charge in [0.25, 0.3) is 5.69 Å². The van der Waals surface area contributed by atoms with Crippen LogP contribution >= 0.6 is 0 Å². The van der Waals surface area contributed by atoms with Gasteiger partial charge < -0.3 is 15.7 Å². The molecule has 118 valence electrons. The summed E-state index contributed by atoms with van der Waals surface area (Å²) in [6.07, 6.45) is 0.634. The van der Waals surface area contributed by atoms with Gasteiger partial charge in [-0.25, -0.2) is 4.98 Å². The Morgan fingerprint density at radius 2 is 1.95 bits per heavy atom. The van der Waals surface area contributed by atoms with Crippen molar-refractivity contribution in [1.82, 2.24) is 4.98 Å². The van der Waals surface area contributed by atoms with Crippen LogP contribution in [0.1, 0.15) is 34.1 Å². The van der Waals surface area contributed by atoms with E-state index in [0.29, 0.717) is 30.5 Å². The number of hydrogen-bond acceptors (Lipinski definition) is 6. The zero-order valence-electron chi connectivity index (χ0n) is 13.0. The number of nitrogens with one attached hydrogen (secondary N) is 2. The minimum absolute atomic E-state index is 0.0352. The van der Waals surface area contributed by atoms with Crippen molar-refractivity contribution in [3.63, 3.8) is 0 Å². The van der Waals surface area contributed by atoms with E-state index in [0.717, 1.165) is 0 Å². The molecule has 3 N–H and O–H groups in total. The van der Waals surface area contributed by atoms with Crippen LogP contribution in [0, 0.1) is 16.0 Å². The molecule has 1 aromatic heterocycles. The normalized spacial score (nSPS) is 13.8. The molecule has 0 aromatic carbocycles. The molecule has 0 fully saturated rings. The molecule has 7 heteroatoms. The first-order valence-electron chi connectivity index (χ1n) is 7.10. The molecule has 1 atom stereocenters. The quantitative estimate of drug-likeness (QED) is 0.503. The van der Waals surface area contributed by atoms with E-state index in [-0.39, 0.29) is 12.2 Å². The zero-order valence-corrected chi connectivity index (χ0v) is 13.0. The van der Waals surface area contributed by atoms with Gasteiger partial charge in [-0.2, -0.15) is 0 Å².